The van der Waals surface area contributed by atoms with Crippen molar-refractivity contribution in [3.8, 4) is 0 Å². The van der Waals surface area contributed by atoms with Gasteiger partial charge in [0.1, 0.15) is 0 Å². The van der Waals surface area contributed by atoms with Gasteiger partial charge in [-0.2, -0.15) is 0 Å². The first kappa shape index (κ1) is 18.4. The van der Waals surface area contributed by atoms with Crippen molar-refractivity contribution >= 4 is 34.9 Å². The number of hydrogen-bond donors (Lipinski definition) is 4. The van der Waals surface area contributed by atoms with E-state index in [0.29, 0.717) is 23.5 Å². The largest absolute Gasteiger partial charge is 0.354 e. The van der Waals surface area contributed by atoms with Gasteiger partial charge in [-0.3, -0.25) is 9.59 Å². The van der Waals surface area contributed by atoms with Gasteiger partial charge < -0.3 is 21.3 Å². The van der Waals surface area contributed by atoms with Crippen LogP contribution in [0.25, 0.3) is 0 Å². The molecule has 0 aliphatic carbocycles. The molecule has 7 heteroatoms. The fourth-order valence-corrected chi connectivity index (χ4v) is 3.06. The van der Waals surface area contributed by atoms with Crippen molar-refractivity contribution in [3.63, 3.8) is 0 Å². The predicted molar refractivity (Wildman–Crippen MR) is 104 cm³/mol. The van der Waals surface area contributed by atoms with Crippen LogP contribution in [0.4, 0.5) is 21.9 Å². The lowest BCUT2D eigenvalue weighted by molar-refractivity contribution is -0.130. The van der Waals surface area contributed by atoms with E-state index in [1.54, 1.807) is 36.4 Å². The number of urea groups is 1. The Hall–Kier alpha value is -3.35. The topological polar surface area (TPSA) is 99.3 Å². The maximum Gasteiger partial charge on any atom is 0.323 e. The number of carbonyl (C=O) groups excluding carboxylic acids is 3. The van der Waals surface area contributed by atoms with E-state index in [1.165, 1.54) is 0 Å². The lowest BCUT2D eigenvalue weighted by Crippen LogP contribution is -2.44. The second-order valence-electron chi connectivity index (χ2n) is 6.62. The van der Waals surface area contributed by atoms with Gasteiger partial charge in [-0.25, -0.2) is 4.79 Å². The molecule has 27 heavy (non-hydrogen) atoms. The number of amides is 4. The fraction of sp³-hybridized carbons (Fsp3) is 0.250. The summed E-state index contributed by atoms with van der Waals surface area (Å²) in [6.07, 6.45) is 0.794. The molecule has 1 heterocycles. The van der Waals surface area contributed by atoms with E-state index in [0.717, 1.165) is 0 Å². The number of nitrogens with one attached hydrogen (secondary N) is 4. The highest BCUT2D eigenvalue weighted by atomic mass is 16.2. The Morgan fingerprint density at radius 2 is 1.56 bits per heavy atom. The van der Waals surface area contributed by atoms with Gasteiger partial charge >= 0.3 is 6.03 Å². The fourth-order valence-electron chi connectivity index (χ4n) is 3.06. The first-order chi connectivity index (χ1) is 13.0. The van der Waals surface area contributed by atoms with E-state index in [9.17, 15) is 14.4 Å². The maximum absolute atomic E-state index is 12.4. The molecule has 7 nitrogen and oxygen atoms in total. The van der Waals surface area contributed by atoms with E-state index in [1.807, 2.05) is 25.1 Å². The average Bonchev–Trinajstić information content (AvgIpc) is 2.62. The Kier molecular flexibility index (Phi) is 5.71. The molecule has 0 spiro atoms. The molecule has 0 saturated carbocycles. The molecule has 0 radical (unpaired) electrons. The third kappa shape index (κ3) is 5.31. The summed E-state index contributed by atoms with van der Waals surface area (Å²) in [7, 11) is 0. The number of hydrogen-bond acceptors (Lipinski definition) is 3. The molecule has 4 amide bonds. The molecule has 140 valence electrons. The molecule has 2 aromatic carbocycles. The summed E-state index contributed by atoms with van der Waals surface area (Å²) < 4.78 is 0. The molecule has 1 fully saturated rings. The monoisotopic (exact) mass is 366 g/mol. The number of anilines is 3. The highest BCUT2D eigenvalue weighted by Gasteiger charge is 2.29. The third-order valence-corrected chi connectivity index (χ3v) is 4.27. The van der Waals surface area contributed by atoms with Gasteiger partial charge in [-0.05, 0) is 43.7 Å². The summed E-state index contributed by atoms with van der Waals surface area (Å²) in [6, 6.07) is 15.6. The Balaban J connectivity index is 1.59. The molecular formula is C20H22N4O3. The zero-order chi connectivity index (χ0) is 19.2. The Morgan fingerprint density at radius 1 is 0.926 bits per heavy atom. The minimum atomic E-state index is -0.373. The third-order valence-electron chi connectivity index (χ3n) is 4.27. The zero-order valence-corrected chi connectivity index (χ0v) is 15.0. The van der Waals surface area contributed by atoms with Crippen molar-refractivity contribution in [1.82, 2.24) is 5.32 Å². The summed E-state index contributed by atoms with van der Waals surface area (Å²) >= 11 is 0. The SMILES string of the molecule is C[C@H]1C[C@H](C(=O)Nc2cccc(NC(=O)Nc3ccccc3)c2)CC(=O)N1. The molecule has 4 N–H and O–H groups in total. The van der Waals surface area contributed by atoms with Gasteiger partial charge in [0.15, 0.2) is 0 Å². The summed E-state index contributed by atoms with van der Waals surface area (Å²) in [4.78, 5) is 36.1. The van der Waals surface area contributed by atoms with E-state index in [4.69, 9.17) is 0 Å². The molecule has 0 unspecified atom stereocenters. The molecule has 1 aliphatic rings. The quantitative estimate of drug-likeness (QED) is 0.669. The number of piperidine rings is 1. The van der Waals surface area contributed by atoms with Crippen LogP contribution in [0.5, 0.6) is 0 Å². The molecule has 0 bridgehead atoms. The number of benzene rings is 2. The minimum absolute atomic E-state index is 0.0170. The van der Waals surface area contributed by atoms with Crippen molar-refractivity contribution in [2.24, 2.45) is 5.92 Å². The van der Waals surface area contributed by atoms with E-state index >= 15 is 0 Å². The number of carbonyl (C=O) groups is 3. The maximum atomic E-state index is 12.4. The summed E-state index contributed by atoms with van der Waals surface area (Å²) in [5.74, 6) is -0.656. The molecular weight excluding hydrogens is 344 g/mol. The highest BCUT2D eigenvalue weighted by molar-refractivity contribution is 6.01. The second kappa shape index (κ2) is 8.35. The van der Waals surface area contributed by atoms with Crippen molar-refractivity contribution < 1.29 is 14.4 Å². The molecule has 1 saturated heterocycles. The zero-order valence-electron chi connectivity index (χ0n) is 15.0. The lowest BCUT2D eigenvalue weighted by atomic mass is 9.92. The highest BCUT2D eigenvalue weighted by Crippen LogP contribution is 2.21. The van der Waals surface area contributed by atoms with Crippen molar-refractivity contribution in [2.75, 3.05) is 16.0 Å². The van der Waals surface area contributed by atoms with Crippen LogP contribution in [0.15, 0.2) is 54.6 Å². The number of para-hydroxylation sites is 1. The van der Waals surface area contributed by atoms with Crippen molar-refractivity contribution in [2.45, 2.75) is 25.8 Å². The van der Waals surface area contributed by atoms with Crippen LogP contribution in [0.2, 0.25) is 0 Å². The van der Waals surface area contributed by atoms with E-state index in [-0.39, 0.29) is 36.2 Å². The van der Waals surface area contributed by atoms with Gasteiger partial charge in [0, 0.05) is 35.4 Å². The van der Waals surface area contributed by atoms with Gasteiger partial charge in [-0.15, -0.1) is 0 Å². The normalized spacial score (nSPS) is 18.9. The van der Waals surface area contributed by atoms with Crippen LogP contribution < -0.4 is 21.3 Å². The Morgan fingerprint density at radius 3 is 2.26 bits per heavy atom. The molecule has 2 atom stereocenters. The summed E-state index contributed by atoms with van der Waals surface area (Å²) in [5.41, 5.74) is 1.80. The molecule has 1 aliphatic heterocycles. The smallest absolute Gasteiger partial charge is 0.323 e. The minimum Gasteiger partial charge on any atom is -0.354 e. The van der Waals surface area contributed by atoms with E-state index in [2.05, 4.69) is 21.3 Å². The van der Waals surface area contributed by atoms with Crippen LogP contribution in [0.3, 0.4) is 0 Å². The van der Waals surface area contributed by atoms with Crippen LogP contribution in [-0.4, -0.2) is 23.9 Å². The molecule has 3 rings (SSSR count). The van der Waals surface area contributed by atoms with Gasteiger partial charge in [0.05, 0.1) is 0 Å². The first-order valence-corrected chi connectivity index (χ1v) is 8.83. The lowest BCUT2D eigenvalue weighted by Gasteiger charge is -2.26. The van der Waals surface area contributed by atoms with Crippen LogP contribution in [0, 0.1) is 5.92 Å². The van der Waals surface area contributed by atoms with Crippen molar-refractivity contribution in [1.29, 1.82) is 0 Å². The second-order valence-corrected chi connectivity index (χ2v) is 6.62. The van der Waals surface area contributed by atoms with Crippen molar-refractivity contribution in [3.05, 3.63) is 54.6 Å². The Labute approximate surface area is 157 Å². The predicted octanol–water partition coefficient (Wildman–Crippen LogP) is 3.18. The summed E-state index contributed by atoms with van der Waals surface area (Å²) in [5, 5.41) is 11.1. The van der Waals surface area contributed by atoms with Gasteiger partial charge in [-0.1, -0.05) is 24.3 Å². The van der Waals surface area contributed by atoms with Crippen LogP contribution in [-0.2, 0) is 9.59 Å². The molecule has 0 aromatic heterocycles. The molecule has 2 aromatic rings. The average molecular weight is 366 g/mol. The van der Waals surface area contributed by atoms with Crippen LogP contribution >= 0.6 is 0 Å². The first-order valence-electron chi connectivity index (χ1n) is 8.83. The van der Waals surface area contributed by atoms with Gasteiger partial charge in [0.25, 0.3) is 0 Å². The van der Waals surface area contributed by atoms with Crippen LogP contribution in [0.1, 0.15) is 19.8 Å². The summed E-state index contributed by atoms with van der Waals surface area (Å²) in [6.45, 7) is 1.88. The number of rotatable bonds is 4. The Bertz CT molecular complexity index is 838. The van der Waals surface area contributed by atoms with E-state index < -0.39 is 0 Å². The standard InChI is InChI=1S/C20H22N4O3/c1-13-10-14(11-18(25)21-13)19(26)22-16-8-5-9-17(12-16)24-20(27)23-15-6-3-2-4-7-15/h2-9,12-14H,10-11H2,1H3,(H,21,25)(H,22,26)(H2,23,24,27)/t13-,14-/m0/s1. The van der Waals surface area contributed by atoms with Gasteiger partial charge in [0.2, 0.25) is 11.8 Å².